The van der Waals surface area contributed by atoms with Gasteiger partial charge in [-0.05, 0) is 76.9 Å². The molecule has 3 unspecified atom stereocenters. The second kappa shape index (κ2) is 29.4. The molecular weight excluding hydrogens is 871 g/mol. The van der Waals surface area contributed by atoms with E-state index in [2.05, 4.69) is 45.7 Å². The van der Waals surface area contributed by atoms with Crippen LogP contribution in [-0.4, -0.2) is 80.9 Å². The van der Waals surface area contributed by atoms with Crippen LogP contribution in [0.25, 0.3) is 0 Å². The number of aliphatic hydroxyl groups is 3. The van der Waals surface area contributed by atoms with E-state index in [1.54, 1.807) is 6.92 Å². The van der Waals surface area contributed by atoms with Crippen LogP contribution in [0.15, 0.2) is 36.4 Å². The van der Waals surface area contributed by atoms with Crippen LogP contribution in [0.1, 0.15) is 121 Å². The van der Waals surface area contributed by atoms with Crippen molar-refractivity contribution in [3.05, 3.63) is 68.2 Å². The molecule has 3 atom stereocenters. The number of phenolic OH excluding ortho intramolecular Hbond substituents is 3. The Kier molecular flexibility index (Phi) is 26.1. The maximum absolute atomic E-state index is 11.7. The van der Waals surface area contributed by atoms with Crippen molar-refractivity contribution in [1.82, 2.24) is 16.0 Å². The first kappa shape index (κ1) is 55.1. The topological polar surface area (TPSA) is 271 Å². The van der Waals surface area contributed by atoms with Gasteiger partial charge in [0.05, 0.1) is 48.4 Å². The van der Waals surface area contributed by atoms with Crippen LogP contribution < -0.4 is 31.9 Å². The largest absolute Gasteiger partial charge is 0.505 e. The van der Waals surface area contributed by atoms with Crippen molar-refractivity contribution in [3.8, 4) is 17.2 Å². The number of aromatic hydroxyl groups is 3. The highest BCUT2D eigenvalue weighted by molar-refractivity contribution is 6.31. The fraction of sp³-hybridized carbons (Fsp3) is 0.476. The van der Waals surface area contributed by atoms with Crippen LogP contribution in [0, 0.1) is 0 Å². The lowest BCUT2D eigenvalue weighted by molar-refractivity contribution is -0.142. The number of carbonyl (C=O) groups is 4. The Morgan fingerprint density at radius 3 is 1.11 bits per heavy atom. The Bertz CT molecular complexity index is 1820. The number of benzene rings is 3. The third-order valence-electron chi connectivity index (χ3n) is 8.46. The number of carbonyl (C=O) groups excluding carboxylic acids is 4. The molecule has 0 fully saturated rings. The Morgan fingerprint density at radius 1 is 0.532 bits per heavy atom. The number of urea groups is 3. The fourth-order valence-electron chi connectivity index (χ4n) is 5.27. The molecule has 3 aromatic rings. The zero-order chi connectivity index (χ0) is 46.9. The Hall–Kier alpha value is -4.91. The minimum Gasteiger partial charge on any atom is -0.505 e. The van der Waals surface area contributed by atoms with Gasteiger partial charge in [-0.2, -0.15) is 0 Å². The van der Waals surface area contributed by atoms with Gasteiger partial charge < -0.3 is 67.3 Å². The predicted octanol–water partition coefficient (Wildman–Crippen LogP) is 8.99. The molecule has 0 aliphatic rings. The molecule has 0 bridgehead atoms. The van der Waals surface area contributed by atoms with Gasteiger partial charge in [0.25, 0.3) is 0 Å². The zero-order valence-electron chi connectivity index (χ0n) is 35.8. The predicted molar refractivity (Wildman–Crippen MR) is 243 cm³/mol. The standard InChI is InChI=1S/C14H19ClN2O5.2C14H21ClN2O3/c1-3-22-12(19)4-5-16-14(21)17-11-7-9(15)6-10(8(2)18)13(11)20;2*1-3-4-5-6-16-14(20)17-12-8-10(15)7-11(9(2)18)13(12)19/h6-8,18,20H,3-5H2,1-2H3,(H2,16,17,21);2*7-9,18-19H,3-6H2,1-2H3,(H2,16,17,20). The quantitative estimate of drug-likeness (QED) is 0.0325. The smallest absolute Gasteiger partial charge is 0.319 e. The van der Waals surface area contributed by atoms with E-state index < -0.39 is 42.4 Å². The molecule has 0 saturated heterocycles. The van der Waals surface area contributed by atoms with Crippen LogP contribution in [0.3, 0.4) is 0 Å². The highest BCUT2D eigenvalue weighted by Gasteiger charge is 2.18. The molecule has 20 heteroatoms. The highest BCUT2D eigenvalue weighted by atomic mass is 35.5. The van der Waals surface area contributed by atoms with Gasteiger partial charge in [0.1, 0.15) is 17.2 Å². The summed E-state index contributed by atoms with van der Waals surface area (Å²) in [5.74, 6) is -1.02. The maximum Gasteiger partial charge on any atom is 0.319 e. The summed E-state index contributed by atoms with van der Waals surface area (Å²) in [7, 11) is 0. The van der Waals surface area contributed by atoms with Crippen molar-refractivity contribution in [1.29, 1.82) is 0 Å². The number of phenols is 3. The number of hydrogen-bond donors (Lipinski definition) is 12. The van der Waals surface area contributed by atoms with E-state index >= 15 is 0 Å². The molecule has 12 N–H and O–H groups in total. The summed E-state index contributed by atoms with van der Waals surface area (Å²) < 4.78 is 4.72. The van der Waals surface area contributed by atoms with E-state index in [1.165, 1.54) is 57.2 Å². The molecule has 0 radical (unpaired) electrons. The summed E-state index contributed by atoms with van der Waals surface area (Å²) in [6.07, 6.45) is 3.43. The third-order valence-corrected chi connectivity index (χ3v) is 9.11. The van der Waals surface area contributed by atoms with Crippen molar-refractivity contribution in [3.63, 3.8) is 0 Å². The van der Waals surface area contributed by atoms with Crippen molar-refractivity contribution >= 4 is 75.9 Å². The zero-order valence-corrected chi connectivity index (χ0v) is 38.1. The molecule has 0 aliphatic carbocycles. The number of esters is 1. The van der Waals surface area contributed by atoms with Crippen LogP contribution in [-0.2, 0) is 9.53 Å². The average Bonchev–Trinajstić information content (AvgIpc) is 3.19. The second-order valence-electron chi connectivity index (χ2n) is 13.8. The van der Waals surface area contributed by atoms with Gasteiger partial charge in [0.2, 0.25) is 0 Å². The molecule has 3 aromatic carbocycles. The minimum absolute atomic E-state index is 0.0434. The number of hydrogen-bond acceptors (Lipinski definition) is 11. The lowest BCUT2D eigenvalue weighted by Crippen LogP contribution is -2.31. The van der Waals surface area contributed by atoms with Gasteiger partial charge in [0, 0.05) is 51.4 Å². The number of aliphatic hydroxyl groups excluding tert-OH is 3. The molecule has 62 heavy (non-hydrogen) atoms. The average molecular weight is 932 g/mol. The first-order chi connectivity index (χ1) is 29.2. The van der Waals surface area contributed by atoms with E-state index in [-0.39, 0.29) is 75.6 Å². The number of halogens is 3. The first-order valence-electron chi connectivity index (χ1n) is 20.2. The summed E-state index contributed by atoms with van der Waals surface area (Å²) in [5, 5.41) is 74.8. The van der Waals surface area contributed by atoms with E-state index in [0.29, 0.717) is 23.1 Å². The maximum atomic E-state index is 11.7. The van der Waals surface area contributed by atoms with Gasteiger partial charge in [-0.25, -0.2) is 14.4 Å². The van der Waals surface area contributed by atoms with Gasteiger partial charge in [-0.1, -0.05) is 74.3 Å². The van der Waals surface area contributed by atoms with E-state index in [1.807, 2.05) is 0 Å². The second-order valence-corrected chi connectivity index (χ2v) is 15.1. The summed E-state index contributed by atoms with van der Waals surface area (Å²) in [5.41, 5.74) is 1.19. The summed E-state index contributed by atoms with van der Waals surface area (Å²) in [4.78, 5) is 46.2. The van der Waals surface area contributed by atoms with Gasteiger partial charge >= 0.3 is 24.1 Å². The van der Waals surface area contributed by atoms with Crippen molar-refractivity contribution in [2.24, 2.45) is 0 Å². The fourth-order valence-corrected chi connectivity index (χ4v) is 5.95. The van der Waals surface area contributed by atoms with Crippen LogP contribution in [0.4, 0.5) is 31.4 Å². The summed E-state index contributed by atoms with van der Waals surface area (Å²) >= 11 is 17.7. The summed E-state index contributed by atoms with van der Waals surface area (Å²) in [6, 6.07) is 7.14. The Labute approximate surface area is 377 Å². The molecule has 0 heterocycles. The third kappa shape index (κ3) is 20.8. The lowest BCUT2D eigenvalue weighted by Gasteiger charge is -2.14. The Balaban J connectivity index is 0.000000466. The monoisotopic (exact) mass is 930 g/mol. The van der Waals surface area contributed by atoms with E-state index in [0.717, 1.165) is 38.5 Å². The Morgan fingerprint density at radius 2 is 0.839 bits per heavy atom. The van der Waals surface area contributed by atoms with Gasteiger partial charge in [0.15, 0.2) is 0 Å². The van der Waals surface area contributed by atoms with Crippen LogP contribution >= 0.6 is 34.8 Å². The number of rotatable bonds is 18. The molecule has 0 spiro atoms. The summed E-state index contributed by atoms with van der Waals surface area (Å²) in [6.45, 7) is 11.9. The molecule has 0 aliphatic heterocycles. The normalized spacial score (nSPS) is 11.9. The SMILES string of the molecule is CCCCCNC(=O)Nc1cc(Cl)cc(C(C)O)c1O.CCCCCNC(=O)Nc1cc(Cl)cc(C(C)O)c1O.CCOC(=O)CCNC(=O)Nc1cc(Cl)cc(C(C)O)c1O. The number of ether oxygens (including phenoxy) is 1. The van der Waals surface area contributed by atoms with Crippen molar-refractivity contribution in [2.45, 2.75) is 105 Å². The molecule has 6 amide bonds. The van der Waals surface area contributed by atoms with Crippen molar-refractivity contribution < 1.29 is 54.6 Å². The van der Waals surface area contributed by atoms with Crippen molar-refractivity contribution in [2.75, 3.05) is 42.2 Å². The number of nitrogens with one attached hydrogen (secondary N) is 6. The lowest BCUT2D eigenvalue weighted by atomic mass is 10.1. The van der Waals surface area contributed by atoms with Gasteiger partial charge in [-0.3, -0.25) is 4.79 Å². The molecule has 3 rings (SSSR count). The molecule has 0 saturated carbocycles. The molecular formula is C42H61Cl3N6O11. The first-order valence-corrected chi connectivity index (χ1v) is 21.3. The van der Waals surface area contributed by atoms with Gasteiger partial charge in [-0.15, -0.1) is 0 Å². The molecule has 17 nitrogen and oxygen atoms in total. The van der Waals surface area contributed by atoms with E-state index in [9.17, 15) is 49.8 Å². The minimum atomic E-state index is -0.939. The number of unbranched alkanes of at least 4 members (excludes halogenated alkanes) is 4. The number of amides is 6. The van der Waals surface area contributed by atoms with Crippen LogP contribution in [0.2, 0.25) is 15.1 Å². The molecule has 346 valence electrons. The van der Waals surface area contributed by atoms with E-state index in [4.69, 9.17) is 39.5 Å². The number of anilines is 3. The highest BCUT2D eigenvalue weighted by Crippen LogP contribution is 2.37. The van der Waals surface area contributed by atoms with Crippen LogP contribution in [0.5, 0.6) is 17.2 Å². The molecule has 0 aromatic heterocycles.